The van der Waals surface area contributed by atoms with E-state index in [1.807, 2.05) is 48.5 Å². The molecule has 0 aromatic heterocycles. The number of benzene rings is 2. The van der Waals surface area contributed by atoms with Gasteiger partial charge in [0.1, 0.15) is 6.61 Å². The van der Waals surface area contributed by atoms with E-state index in [9.17, 15) is 9.59 Å². The maximum Gasteiger partial charge on any atom is 0.306 e. The number of carbonyl (C=O) groups is 2. The van der Waals surface area contributed by atoms with E-state index < -0.39 is 0 Å². The molecule has 0 bridgehead atoms. The molecule has 1 saturated heterocycles. The van der Waals surface area contributed by atoms with Crippen LogP contribution in [0.5, 0.6) is 11.5 Å². The number of carbonyl (C=O) groups excluding carboxylic acids is 2. The Bertz CT molecular complexity index is 931. The van der Waals surface area contributed by atoms with Crippen molar-refractivity contribution in [2.75, 3.05) is 53.1 Å². The summed E-state index contributed by atoms with van der Waals surface area (Å²) in [6.07, 6.45) is 0.199. The Labute approximate surface area is 207 Å². The van der Waals surface area contributed by atoms with Gasteiger partial charge in [0, 0.05) is 39.1 Å². The molecule has 2 aromatic rings. The fourth-order valence-electron chi connectivity index (χ4n) is 3.87. The number of hydrogen-bond donors (Lipinski definition) is 0. The molecule has 1 aliphatic rings. The molecular weight excluding hydrogens is 448 g/mol. The summed E-state index contributed by atoms with van der Waals surface area (Å²) < 4.78 is 21.9. The molecule has 0 unspecified atom stereocenters. The number of nitrogens with zero attached hydrogens (tertiary/aromatic N) is 2. The lowest BCUT2D eigenvalue weighted by Crippen LogP contribution is -2.43. The lowest BCUT2D eigenvalue weighted by Gasteiger charge is -2.30. The Balaban J connectivity index is 1.68. The van der Waals surface area contributed by atoms with Crippen molar-refractivity contribution in [2.45, 2.75) is 32.9 Å². The molecule has 8 heteroatoms. The van der Waals surface area contributed by atoms with E-state index in [1.165, 1.54) is 0 Å². The number of methoxy groups -OCH3 is 1. The lowest BCUT2D eigenvalue weighted by atomic mass is 10.1. The third-order valence-electron chi connectivity index (χ3n) is 5.83. The highest BCUT2D eigenvalue weighted by Gasteiger charge is 2.19. The smallest absolute Gasteiger partial charge is 0.306 e. The van der Waals surface area contributed by atoms with Crippen LogP contribution < -0.4 is 9.47 Å². The maximum absolute atomic E-state index is 13.1. The fraction of sp³-hybridized carbons (Fsp3) is 0.481. The number of esters is 1. The van der Waals surface area contributed by atoms with E-state index in [-0.39, 0.29) is 24.7 Å². The van der Waals surface area contributed by atoms with Gasteiger partial charge in [0.2, 0.25) is 5.91 Å². The first-order valence-electron chi connectivity index (χ1n) is 12.2. The van der Waals surface area contributed by atoms with E-state index in [0.717, 1.165) is 30.8 Å². The minimum atomic E-state index is -0.352. The van der Waals surface area contributed by atoms with Crippen molar-refractivity contribution < 1.29 is 28.5 Å². The van der Waals surface area contributed by atoms with Crippen LogP contribution >= 0.6 is 0 Å². The Hall–Kier alpha value is -3.10. The third-order valence-corrected chi connectivity index (χ3v) is 5.83. The van der Waals surface area contributed by atoms with Crippen LogP contribution in [0, 0.1) is 0 Å². The van der Waals surface area contributed by atoms with Gasteiger partial charge in [-0.3, -0.25) is 14.5 Å². The van der Waals surface area contributed by atoms with E-state index >= 15 is 0 Å². The molecule has 2 aromatic carbocycles. The lowest BCUT2D eigenvalue weighted by molar-refractivity contribution is -0.145. The van der Waals surface area contributed by atoms with Crippen LogP contribution in [0.4, 0.5) is 0 Å². The van der Waals surface area contributed by atoms with E-state index in [2.05, 4.69) is 4.90 Å². The minimum absolute atomic E-state index is 0.0751. The molecule has 3 rings (SSSR count). The Morgan fingerprint density at radius 3 is 2.49 bits per heavy atom. The summed E-state index contributed by atoms with van der Waals surface area (Å²) in [5.74, 6) is 0.836. The third kappa shape index (κ3) is 8.88. The molecular formula is C27H36N2O6. The second-order valence-electron chi connectivity index (χ2n) is 8.33. The first-order valence-corrected chi connectivity index (χ1v) is 12.2. The zero-order chi connectivity index (χ0) is 24.9. The largest absolute Gasteiger partial charge is 0.493 e. The van der Waals surface area contributed by atoms with Gasteiger partial charge in [0.25, 0.3) is 0 Å². The first kappa shape index (κ1) is 26.5. The number of morpholine rings is 1. The van der Waals surface area contributed by atoms with Crippen molar-refractivity contribution in [3.63, 3.8) is 0 Å². The van der Waals surface area contributed by atoms with Crippen molar-refractivity contribution in [3.05, 3.63) is 59.7 Å². The van der Waals surface area contributed by atoms with Crippen molar-refractivity contribution in [2.24, 2.45) is 0 Å². The highest BCUT2D eigenvalue weighted by molar-refractivity contribution is 5.81. The van der Waals surface area contributed by atoms with Crippen LogP contribution in [0.1, 0.15) is 30.9 Å². The molecule has 1 heterocycles. The number of hydrogen-bond acceptors (Lipinski definition) is 7. The molecule has 0 saturated carbocycles. The van der Waals surface area contributed by atoms with Gasteiger partial charge in [-0.25, -0.2) is 0 Å². The molecule has 0 N–H and O–H groups in total. The molecule has 35 heavy (non-hydrogen) atoms. The molecule has 0 radical (unpaired) electrons. The molecule has 1 fully saturated rings. The quantitative estimate of drug-likeness (QED) is 0.404. The van der Waals surface area contributed by atoms with E-state index in [0.29, 0.717) is 51.0 Å². The van der Waals surface area contributed by atoms with Crippen molar-refractivity contribution in [1.82, 2.24) is 9.80 Å². The van der Waals surface area contributed by atoms with Gasteiger partial charge < -0.3 is 23.8 Å². The predicted octanol–water partition coefficient (Wildman–Crippen LogP) is 3.28. The molecule has 190 valence electrons. The van der Waals surface area contributed by atoms with Gasteiger partial charge in [0.05, 0.1) is 33.4 Å². The van der Waals surface area contributed by atoms with E-state index in [4.69, 9.17) is 18.9 Å². The normalized spacial score (nSPS) is 13.8. The van der Waals surface area contributed by atoms with E-state index in [1.54, 1.807) is 18.9 Å². The van der Waals surface area contributed by atoms with Crippen LogP contribution in [-0.2, 0) is 32.2 Å². The average Bonchev–Trinajstić information content (AvgIpc) is 2.90. The summed E-state index contributed by atoms with van der Waals surface area (Å²) in [5.41, 5.74) is 1.99. The summed E-state index contributed by atoms with van der Waals surface area (Å²) in [4.78, 5) is 29.0. The zero-order valence-electron chi connectivity index (χ0n) is 20.7. The van der Waals surface area contributed by atoms with Gasteiger partial charge in [-0.15, -0.1) is 0 Å². The average molecular weight is 485 g/mol. The number of ether oxygens (including phenoxy) is 4. The molecule has 0 atom stereocenters. The van der Waals surface area contributed by atoms with Gasteiger partial charge in [-0.2, -0.15) is 0 Å². The Morgan fingerprint density at radius 2 is 1.77 bits per heavy atom. The van der Waals surface area contributed by atoms with Gasteiger partial charge in [-0.05, 0) is 30.2 Å². The summed E-state index contributed by atoms with van der Waals surface area (Å²) in [6, 6.07) is 15.6. The van der Waals surface area contributed by atoms with Crippen LogP contribution in [-0.4, -0.2) is 74.8 Å². The highest BCUT2D eigenvalue weighted by atomic mass is 16.5. The van der Waals surface area contributed by atoms with Crippen LogP contribution in [0.3, 0.4) is 0 Å². The molecule has 0 spiro atoms. The zero-order valence-corrected chi connectivity index (χ0v) is 20.7. The second-order valence-corrected chi connectivity index (χ2v) is 8.33. The minimum Gasteiger partial charge on any atom is -0.493 e. The summed E-state index contributed by atoms with van der Waals surface area (Å²) >= 11 is 0. The van der Waals surface area contributed by atoms with Crippen LogP contribution in [0.15, 0.2) is 48.5 Å². The van der Waals surface area contributed by atoms with Crippen LogP contribution in [0.2, 0.25) is 0 Å². The predicted molar refractivity (Wildman–Crippen MR) is 132 cm³/mol. The molecule has 8 nitrogen and oxygen atoms in total. The molecule has 0 aliphatic carbocycles. The number of amides is 1. The first-order chi connectivity index (χ1) is 17.1. The topological polar surface area (TPSA) is 77.5 Å². The van der Waals surface area contributed by atoms with Crippen molar-refractivity contribution >= 4 is 11.9 Å². The maximum atomic E-state index is 13.1. The van der Waals surface area contributed by atoms with Crippen molar-refractivity contribution in [1.29, 1.82) is 0 Å². The molecule has 1 amide bonds. The monoisotopic (exact) mass is 484 g/mol. The van der Waals surface area contributed by atoms with Crippen LogP contribution in [0.25, 0.3) is 0 Å². The SMILES string of the molecule is CCOC(=O)CCC(=O)N(CCN1CCOCC1)Cc1ccc(OC)c(OCc2ccccc2)c1. The Morgan fingerprint density at radius 1 is 1.00 bits per heavy atom. The summed E-state index contributed by atoms with van der Waals surface area (Å²) in [6.45, 7) is 7.33. The fourth-order valence-corrected chi connectivity index (χ4v) is 3.87. The standard InChI is InChI=1S/C27H36N2O6/c1-3-34-27(31)12-11-26(30)29(14-13-28-15-17-33-18-16-28)20-23-9-10-24(32-2)25(19-23)35-21-22-7-5-4-6-8-22/h4-10,19H,3,11-18,20-21H2,1-2H3. The van der Waals surface area contributed by atoms with Gasteiger partial charge >= 0.3 is 5.97 Å². The van der Waals surface area contributed by atoms with Gasteiger partial charge in [-0.1, -0.05) is 36.4 Å². The van der Waals surface area contributed by atoms with Crippen molar-refractivity contribution in [3.8, 4) is 11.5 Å². The highest BCUT2D eigenvalue weighted by Crippen LogP contribution is 2.29. The summed E-state index contributed by atoms with van der Waals surface area (Å²) in [5, 5.41) is 0. The number of rotatable bonds is 13. The van der Waals surface area contributed by atoms with Gasteiger partial charge in [0.15, 0.2) is 11.5 Å². The Kier molecular flexibility index (Phi) is 10.9. The molecule has 1 aliphatic heterocycles. The summed E-state index contributed by atoms with van der Waals surface area (Å²) in [7, 11) is 1.61. The second kappa shape index (κ2) is 14.3.